The van der Waals surface area contributed by atoms with Gasteiger partial charge in [-0.2, -0.15) is 5.10 Å². The van der Waals surface area contributed by atoms with E-state index in [4.69, 9.17) is 0 Å². The fraction of sp³-hybridized carbons (Fsp3) is 0.133. The Balaban J connectivity index is 2.10. The molecule has 0 aliphatic heterocycles. The van der Waals surface area contributed by atoms with Crippen LogP contribution >= 0.6 is 0 Å². The van der Waals surface area contributed by atoms with Crippen LogP contribution in [0.5, 0.6) is 0 Å². The van der Waals surface area contributed by atoms with E-state index in [1.165, 1.54) is 18.8 Å². The first-order valence-corrected chi connectivity index (χ1v) is 7.39. The largest absolute Gasteiger partial charge is 0.351 e. The lowest BCUT2D eigenvalue weighted by Gasteiger charge is -2.09. The molecule has 0 saturated carbocycles. The van der Waals surface area contributed by atoms with Gasteiger partial charge in [-0.25, -0.2) is 18.7 Å². The van der Waals surface area contributed by atoms with E-state index in [0.29, 0.717) is 5.69 Å². The first kappa shape index (κ1) is 17.0. The smallest absolute Gasteiger partial charge is 0.288 e. The highest BCUT2D eigenvalue weighted by atomic mass is 16.2. The van der Waals surface area contributed by atoms with Crippen LogP contribution in [0.25, 0.3) is 11.8 Å². The van der Waals surface area contributed by atoms with Crippen molar-refractivity contribution < 1.29 is 4.79 Å². The number of aryl methyl sites for hydroxylation is 2. The maximum absolute atomic E-state index is 12.7. The molecule has 11 nitrogen and oxygen atoms in total. The zero-order valence-corrected chi connectivity index (χ0v) is 13.9. The van der Waals surface area contributed by atoms with Crippen LogP contribution in [0.3, 0.4) is 0 Å². The number of nitrogens with zero attached hydrogens (tertiary/aromatic N) is 7. The van der Waals surface area contributed by atoms with Gasteiger partial charge in [-0.1, -0.05) is 29.9 Å². The van der Waals surface area contributed by atoms with Gasteiger partial charge in [0.15, 0.2) is 0 Å². The molecular weight excluding hydrogens is 340 g/mol. The van der Waals surface area contributed by atoms with Crippen molar-refractivity contribution in [1.29, 1.82) is 0 Å². The van der Waals surface area contributed by atoms with E-state index < -0.39 is 22.9 Å². The Morgan fingerprint density at radius 2 is 1.85 bits per heavy atom. The predicted octanol–water partition coefficient (Wildman–Crippen LogP) is -0.650. The summed E-state index contributed by atoms with van der Waals surface area (Å²) in [6, 6.07) is 6.54. The highest BCUT2D eigenvalue weighted by Crippen LogP contribution is 2.07. The minimum atomic E-state index is -0.855. The van der Waals surface area contributed by atoms with Crippen LogP contribution in [0.2, 0.25) is 0 Å². The van der Waals surface area contributed by atoms with E-state index in [-0.39, 0.29) is 5.95 Å². The lowest BCUT2D eigenvalue weighted by Crippen LogP contribution is -2.43. The van der Waals surface area contributed by atoms with Gasteiger partial charge in [0.1, 0.15) is 0 Å². The standard InChI is InChI=1S/C15H14N8O3/c1-4-9-5-7-10(8-6-9)23-13(25)11(18-22(3)15(23)26)12(24)16-14-17-19-20-21(14)2/h4-8H,1H2,2-3H3,(H,16,17,20,24). The van der Waals surface area contributed by atoms with Crippen LogP contribution in [-0.2, 0) is 14.1 Å². The lowest BCUT2D eigenvalue weighted by atomic mass is 10.2. The predicted molar refractivity (Wildman–Crippen MR) is 91.9 cm³/mol. The first-order chi connectivity index (χ1) is 12.4. The zero-order chi connectivity index (χ0) is 18.8. The topological polar surface area (TPSA) is 130 Å². The monoisotopic (exact) mass is 354 g/mol. The molecule has 0 unspecified atom stereocenters. The van der Waals surface area contributed by atoms with Crippen LogP contribution in [0.4, 0.5) is 5.95 Å². The Morgan fingerprint density at radius 1 is 1.15 bits per heavy atom. The number of hydrogen-bond acceptors (Lipinski definition) is 7. The van der Waals surface area contributed by atoms with Crippen molar-refractivity contribution in [1.82, 2.24) is 34.6 Å². The second-order valence-corrected chi connectivity index (χ2v) is 5.27. The summed E-state index contributed by atoms with van der Waals surface area (Å²) in [4.78, 5) is 37.5. The summed E-state index contributed by atoms with van der Waals surface area (Å²) in [7, 11) is 2.86. The summed E-state index contributed by atoms with van der Waals surface area (Å²) in [6.45, 7) is 3.65. The molecule has 0 fully saturated rings. The molecule has 26 heavy (non-hydrogen) atoms. The normalized spacial score (nSPS) is 10.5. The van der Waals surface area contributed by atoms with Crippen LogP contribution in [0.1, 0.15) is 16.1 Å². The number of amides is 1. The average Bonchev–Trinajstić information content (AvgIpc) is 3.03. The molecule has 132 valence electrons. The van der Waals surface area contributed by atoms with Gasteiger partial charge < -0.3 is 0 Å². The number of aromatic nitrogens is 7. The first-order valence-electron chi connectivity index (χ1n) is 7.39. The van der Waals surface area contributed by atoms with Crippen LogP contribution in [0, 0.1) is 0 Å². The van der Waals surface area contributed by atoms with Gasteiger partial charge >= 0.3 is 5.69 Å². The summed E-state index contributed by atoms with van der Waals surface area (Å²) >= 11 is 0. The SMILES string of the molecule is C=Cc1ccc(-n2c(=O)c(C(=O)Nc3nnnn3C)nn(C)c2=O)cc1. The van der Waals surface area contributed by atoms with Gasteiger partial charge in [0.2, 0.25) is 11.6 Å². The Morgan fingerprint density at radius 3 is 2.42 bits per heavy atom. The van der Waals surface area contributed by atoms with E-state index in [2.05, 4.69) is 32.5 Å². The summed E-state index contributed by atoms with van der Waals surface area (Å²) in [5.74, 6) is -0.799. The van der Waals surface area contributed by atoms with Crippen LogP contribution in [0.15, 0.2) is 40.4 Å². The van der Waals surface area contributed by atoms with Gasteiger partial charge in [0, 0.05) is 14.1 Å². The van der Waals surface area contributed by atoms with E-state index >= 15 is 0 Å². The quantitative estimate of drug-likeness (QED) is 0.659. The van der Waals surface area contributed by atoms with E-state index in [1.807, 2.05) is 0 Å². The van der Waals surface area contributed by atoms with E-state index in [1.54, 1.807) is 30.3 Å². The molecule has 1 amide bonds. The number of rotatable bonds is 4. The maximum atomic E-state index is 12.7. The highest BCUT2D eigenvalue weighted by molar-refractivity contribution is 6.01. The molecule has 0 spiro atoms. The second-order valence-electron chi connectivity index (χ2n) is 5.27. The fourth-order valence-electron chi connectivity index (χ4n) is 2.20. The summed E-state index contributed by atoms with van der Waals surface area (Å²) < 4.78 is 2.99. The van der Waals surface area contributed by atoms with Gasteiger partial charge in [-0.15, -0.1) is 0 Å². The van der Waals surface area contributed by atoms with Gasteiger partial charge in [-0.3, -0.25) is 14.9 Å². The number of benzene rings is 1. The summed E-state index contributed by atoms with van der Waals surface area (Å²) in [5, 5.41) is 16.7. The fourth-order valence-corrected chi connectivity index (χ4v) is 2.20. The Labute approximate surface area is 146 Å². The number of hydrogen-bond donors (Lipinski definition) is 1. The molecular formula is C15H14N8O3. The summed E-state index contributed by atoms with van der Waals surface area (Å²) in [6.07, 6.45) is 1.63. The molecule has 1 aromatic carbocycles. The average molecular weight is 354 g/mol. The number of anilines is 1. The van der Waals surface area contributed by atoms with E-state index in [0.717, 1.165) is 14.8 Å². The van der Waals surface area contributed by atoms with Crippen molar-refractivity contribution in [2.75, 3.05) is 5.32 Å². The molecule has 11 heteroatoms. The molecule has 0 aliphatic rings. The molecule has 0 radical (unpaired) electrons. The van der Waals surface area contributed by atoms with Crippen molar-refractivity contribution in [2.24, 2.45) is 14.1 Å². The molecule has 3 rings (SSSR count). The third kappa shape index (κ3) is 2.92. The Bertz CT molecular complexity index is 1110. The minimum Gasteiger partial charge on any atom is -0.288 e. The molecule has 2 aromatic heterocycles. The highest BCUT2D eigenvalue weighted by Gasteiger charge is 2.21. The van der Waals surface area contributed by atoms with Crippen molar-refractivity contribution in [2.45, 2.75) is 0 Å². The summed E-state index contributed by atoms with van der Waals surface area (Å²) in [5.41, 5.74) is -0.883. The van der Waals surface area contributed by atoms with Crippen LogP contribution in [-0.4, -0.2) is 40.5 Å². The minimum absolute atomic E-state index is 0.0342. The van der Waals surface area contributed by atoms with Crippen molar-refractivity contribution in [3.8, 4) is 5.69 Å². The molecule has 0 atom stereocenters. The molecule has 0 saturated heterocycles. The Hall–Kier alpha value is -3.89. The van der Waals surface area contributed by atoms with Gasteiger partial charge in [0.25, 0.3) is 11.5 Å². The molecule has 0 bridgehead atoms. The van der Waals surface area contributed by atoms with Crippen molar-refractivity contribution in [3.63, 3.8) is 0 Å². The molecule has 1 N–H and O–H groups in total. The number of carbonyl (C=O) groups is 1. The molecule has 2 heterocycles. The lowest BCUT2D eigenvalue weighted by molar-refractivity contribution is 0.101. The number of tetrazole rings is 1. The third-order valence-corrected chi connectivity index (χ3v) is 3.57. The van der Waals surface area contributed by atoms with Gasteiger partial charge in [0.05, 0.1) is 5.69 Å². The number of carbonyl (C=O) groups excluding carboxylic acids is 1. The van der Waals surface area contributed by atoms with E-state index in [9.17, 15) is 14.4 Å². The Kier molecular flexibility index (Phi) is 4.27. The molecule has 0 aliphatic carbocycles. The third-order valence-electron chi connectivity index (χ3n) is 3.57. The molecule has 3 aromatic rings. The van der Waals surface area contributed by atoms with Crippen molar-refractivity contribution >= 4 is 17.9 Å². The number of nitrogens with one attached hydrogen (secondary N) is 1. The van der Waals surface area contributed by atoms with Crippen molar-refractivity contribution in [3.05, 3.63) is 62.9 Å². The maximum Gasteiger partial charge on any atom is 0.351 e. The van der Waals surface area contributed by atoms with Gasteiger partial charge in [-0.05, 0) is 28.1 Å². The van der Waals surface area contributed by atoms with Crippen LogP contribution < -0.4 is 16.6 Å². The zero-order valence-electron chi connectivity index (χ0n) is 13.9. The second kappa shape index (κ2) is 6.55.